The molecular weight excluding hydrogens is 192 g/mol. The molecule has 0 fully saturated rings. The molecule has 1 atom stereocenters. The normalized spacial score (nSPS) is 12.2. The molecule has 0 aliphatic carbocycles. The summed E-state index contributed by atoms with van der Waals surface area (Å²) in [6.07, 6.45) is -0.660. The minimum atomic E-state index is -0.660. The number of hydrogen-bond donors (Lipinski definition) is 2. The summed E-state index contributed by atoms with van der Waals surface area (Å²) in [6, 6.07) is 9.23. The maximum atomic E-state index is 11.2. The zero-order chi connectivity index (χ0) is 11.3. The fourth-order valence-corrected chi connectivity index (χ4v) is 1.30. The summed E-state index contributed by atoms with van der Waals surface area (Å²) in [7, 11) is 1.63. The second kappa shape index (κ2) is 5.48. The van der Waals surface area contributed by atoms with Crippen LogP contribution in [0.2, 0.25) is 0 Å². The Morgan fingerprint density at radius 1 is 1.47 bits per heavy atom. The Morgan fingerprint density at radius 3 is 2.60 bits per heavy atom. The fourth-order valence-electron chi connectivity index (χ4n) is 1.30. The molecule has 0 spiro atoms. The monoisotopic (exact) mass is 208 g/mol. The SMILES string of the molecule is CN(CC(O)c1ccccc1)C(=O)CN. The molecule has 0 saturated carbocycles. The van der Waals surface area contributed by atoms with Crippen molar-refractivity contribution in [2.75, 3.05) is 20.1 Å². The van der Waals surface area contributed by atoms with Crippen molar-refractivity contribution >= 4 is 5.91 Å². The van der Waals surface area contributed by atoms with E-state index in [2.05, 4.69) is 0 Å². The van der Waals surface area contributed by atoms with Gasteiger partial charge in [-0.05, 0) is 5.56 Å². The number of carbonyl (C=O) groups is 1. The highest BCUT2D eigenvalue weighted by atomic mass is 16.3. The van der Waals surface area contributed by atoms with Gasteiger partial charge in [0.05, 0.1) is 19.2 Å². The van der Waals surface area contributed by atoms with Crippen LogP contribution in [0.4, 0.5) is 0 Å². The van der Waals surface area contributed by atoms with Gasteiger partial charge in [0.2, 0.25) is 5.91 Å². The van der Waals surface area contributed by atoms with E-state index in [0.29, 0.717) is 0 Å². The van der Waals surface area contributed by atoms with Crippen molar-refractivity contribution in [3.63, 3.8) is 0 Å². The fraction of sp³-hybridized carbons (Fsp3) is 0.364. The molecule has 1 unspecified atom stereocenters. The van der Waals surface area contributed by atoms with Crippen molar-refractivity contribution in [3.05, 3.63) is 35.9 Å². The molecule has 15 heavy (non-hydrogen) atoms. The van der Waals surface area contributed by atoms with Gasteiger partial charge in [0.25, 0.3) is 0 Å². The first-order valence-electron chi connectivity index (χ1n) is 4.82. The van der Waals surface area contributed by atoms with Crippen LogP contribution in [0.5, 0.6) is 0 Å². The highest BCUT2D eigenvalue weighted by Gasteiger charge is 2.13. The van der Waals surface area contributed by atoms with Gasteiger partial charge < -0.3 is 15.7 Å². The van der Waals surface area contributed by atoms with Gasteiger partial charge in [-0.25, -0.2) is 0 Å². The van der Waals surface area contributed by atoms with Crippen LogP contribution in [0.1, 0.15) is 11.7 Å². The van der Waals surface area contributed by atoms with E-state index in [1.807, 2.05) is 30.3 Å². The molecule has 4 heteroatoms. The van der Waals surface area contributed by atoms with Crippen LogP contribution in [0.25, 0.3) is 0 Å². The molecule has 0 bridgehead atoms. The molecule has 1 aromatic rings. The van der Waals surface area contributed by atoms with Crippen LogP contribution in [0.3, 0.4) is 0 Å². The molecule has 1 rings (SSSR count). The third-order valence-electron chi connectivity index (χ3n) is 2.23. The van der Waals surface area contributed by atoms with E-state index in [4.69, 9.17) is 5.73 Å². The maximum absolute atomic E-state index is 11.2. The number of hydrogen-bond acceptors (Lipinski definition) is 3. The number of carbonyl (C=O) groups excluding carboxylic acids is 1. The Bertz CT molecular complexity index is 314. The Kier molecular flexibility index (Phi) is 4.27. The summed E-state index contributed by atoms with van der Waals surface area (Å²) in [5.41, 5.74) is 6.01. The van der Waals surface area contributed by atoms with Crippen molar-refractivity contribution < 1.29 is 9.90 Å². The van der Waals surface area contributed by atoms with Gasteiger partial charge in [0.15, 0.2) is 0 Å². The first-order chi connectivity index (χ1) is 7.15. The lowest BCUT2D eigenvalue weighted by atomic mass is 10.1. The number of amides is 1. The van der Waals surface area contributed by atoms with Gasteiger partial charge in [0, 0.05) is 7.05 Å². The number of nitrogens with two attached hydrogens (primary N) is 1. The molecule has 1 amide bonds. The molecule has 82 valence electrons. The predicted octanol–water partition coefficient (Wildman–Crippen LogP) is 0.137. The molecule has 0 heterocycles. The van der Waals surface area contributed by atoms with Crippen LogP contribution in [-0.4, -0.2) is 36.1 Å². The lowest BCUT2D eigenvalue weighted by molar-refractivity contribution is -0.129. The summed E-state index contributed by atoms with van der Waals surface area (Å²) < 4.78 is 0. The molecule has 0 aliphatic heterocycles. The average Bonchev–Trinajstić information content (AvgIpc) is 2.29. The van der Waals surface area contributed by atoms with Crippen molar-refractivity contribution in [2.24, 2.45) is 5.73 Å². The summed E-state index contributed by atoms with van der Waals surface area (Å²) in [5, 5.41) is 9.80. The second-order valence-electron chi connectivity index (χ2n) is 3.40. The van der Waals surface area contributed by atoms with Crippen LogP contribution < -0.4 is 5.73 Å². The van der Waals surface area contributed by atoms with E-state index < -0.39 is 6.10 Å². The Morgan fingerprint density at radius 2 is 2.07 bits per heavy atom. The van der Waals surface area contributed by atoms with E-state index in [9.17, 15) is 9.90 Å². The largest absolute Gasteiger partial charge is 0.387 e. The van der Waals surface area contributed by atoms with Gasteiger partial charge in [-0.3, -0.25) is 4.79 Å². The highest BCUT2D eigenvalue weighted by Crippen LogP contribution is 2.12. The first-order valence-corrected chi connectivity index (χ1v) is 4.82. The topological polar surface area (TPSA) is 66.6 Å². The van der Waals surface area contributed by atoms with E-state index in [-0.39, 0.29) is 19.0 Å². The molecule has 0 radical (unpaired) electrons. The van der Waals surface area contributed by atoms with Crippen LogP contribution in [0, 0.1) is 0 Å². The molecule has 1 aromatic carbocycles. The number of aliphatic hydroxyl groups is 1. The van der Waals surface area contributed by atoms with Crippen molar-refractivity contribution in [3.8, 4) is 0 Å². The number of benzene rings is 1. The Balaban J connectivity index is 2.56. The van der Waals surface area contributed by atoms with Gasteiger partial charge in [-0.15, -0.1) is 0 Å². The molecule has 0 aromatic heterocycles. The number of nitrogens with zero attached hydrogens (tertiary/aromatic N) is 1. The lowest BCUT2D eigenvalue weighted by Gasteiger charge is -2.20. The summed E-state index contributed by atoms with van der Waals surface area (Å²) in [4.78, 5) is 12.6. The number of likely N-dealkylation sites (N-methyl/N-ethyl adjacent to an activating group) is 1. The van der Waals surface area contributed by atoms with Crippen molar-refractivity contribution in [1.82, 2.24) is 4.90 Å². The zero-order valence-corrected chi connectivity index (χ0v) is 8.76. The summed E-state index contributed by atoms with van der Waals surface area (Å²) in [6.45, 7) is 0.234. The summed E-state index contributed by atoms with van der Waals surface area (Å²) >= 11 is 0. The first kappa shape index (κ1) is 11.7. The van der Waals surface area contributed by atoms with Gasteiger partial charge in [0.1, 0.15) is 0 Å². The zero-order valence-electron chi connectivity index (χ0n) is 8.76. The van der Waals surface area contributed by atoms with Gasteiger partial charge in [-0.1, -0.05) is 30.3 Å². The molecule has 0 aliphatic rings. The molecule has 0 saturated heterocycles. The molecule has 3 N–H and O–H groups in total. The Hall–Kier alpha value is -1.39. The summed E-state index contributed by atoms with van der Waals surface area (Å²) in [5.74, 6) is -0.176. The highest BCUT2D eigenvalue weighted by molar-refractivity contribution is 5.77. The van der Waals surface area contributed by atoms with E-state index in [1.165, 1.54) is 4.90 Å². The smallest absolute Gasteiger partial charge is 0.236 e. The Labute approximate surface area is 89.3 Å². The van der Waals surface area contributed by atoms with Gasteiger partial charge in [-0.2, -0.15) is 0 Å². The standard InChI is InChI=1S/C11H16N2O2/c1-13(11(15)7-12)8-10(14)9-5-3-2-4-6-9/h2-6,10,14H,7-8,12H2,1H3. The lowest BCUT2D eigenvalue weighted by Crippen LogP contribution is -2.35. The van der Waals surface area contributed by atoms with Crippen molar-refractivity contribution in [1.29, 1.82) is 0 Å². The van der Waals surface area contributed by atoms with Crippen LogP contribution in [0.15, 0.2) is 30.3 Å². The van der Waals surface area contributed by atoms with Gasteiger partial charge >= 0.3 is 0 Å². The number of aliphatic hydroxyl groups excluding tert-OH is 1. The minimum absolute atomic E-state index is 0.0298. The predicted molar refractivity (Wildman–Crippen MR) is 58.1 cm³/mol. The maximum Gasteiger partial charge on any atom is 0.236 e. The van der Waals surface area contributed by atoms with Crippen LogP contribution in [-0.2, 0) is 4.79 Å². The quantitative estimate of drug-likeness (QED) is 0.739. The third kappa shape index (κ3) is 3.34. The number of rotatable bonds is 4. The third-order valence-corrected chi connectivity index (χ3v) is 2.23. The minimum Gasteiger partial charge on any atom is -0.387 e. The van der Waals surface area contributed by atoms with Crippen molar-refractivity contribution in [2.45, 2.75) is 6.10 Å². The second-order valence-corrected chi connectivity index (χ2v) is 3.40. The van der Waals surface area contributed by atoms with E-state index in [1.54, 1.807) is 7.05 Å². The molecular formula is C11H16N2O2. The van der Waals surface area contributed by atoms with Crippen LogP contribution >= 0.6 is 0 Å². The average molecular weight is 208 g/mol. The van der Waals surface area contributed by atoms with E-state index in [0.717, 1.165) is 5.56 Å². The van der Waals surface area contributed by atoms with E-state index >= 15 is 0 Å². The molecule has 4 nitrogen and oxygen atoms in total.